The molecule has 0 aromatic heterocycles. The number of carbonyl (C=O) groups is 2. The number of piperidine rings is 1. The highest BCUT2D eigenvalue weighted by atomic mass is 16.5. The minimum Gasteiger partial charge on any atom is -0.427 e. The number of ether oxygens (including phenoxy) is 1. The molecule has 0 radical (unpaired) electrons. The van der Waals surface area contributed by atoms with E-state index in [9.17, 15) is 14.7 Å². The Kier molecular flexibility index (Phi) is 6.69. The molecule has 3 aliphatic rings. The van der Waals surface area contributed by atoms with Gasteiger partial charge in [0.1, 0.15) is 5.75 Å². The third kappa shape index (κ3) is 5.00. The second kappa shape index (κ2) is 9.75. The molecular weight excluding hydrogens is 440 g/mol. The normalized spacial score (nSPS) is 28.7. The van der Waals surface area contributed by atoms with E-state index in [1.54, 1.807) is 6.07 Å². The number of nitrogens with zero attached hydrogens (tertiary/aromatic N) is 2. The zero-order valence-corrected chi connectivity index (χ0v) is 20.7. The quantitative estimate of drug-likeness (QED) is 0.506. The van der Waals surface area contributed by atoms with E-state index in [1.165, 1.54) is 19.8 Å². The molecule has 0 bridgehead atoms. The molecule has 1 unspecified atom stereocenters. The Morgan fingerprint density at radius 2 is 1.91 bits per heavy atom. The maximum absolute atomic E-state index is 13.3. The van der Waals surface area contributed by atoms with Crippen molar-refractivity contribution < 1.29 is 19.4 Å². The van der Waals surface area contributed by atoms with Crippen molar-refractivity contribution in [2.75, 3.05) is 26.7 Å². The minimum atomic E-state index is -0.515. The van der Waals surface area contributed by atoms with Crippen LogP contribution in [0.25, 0.3) is 0 Å². The summed E-state index contributed by atoms with van der Waals surface area (Å²) in [5, 5.41) is 11.5. The largest absolute Gasteiger partial charge is 0.427 e. The Bertz CT molecular complexity index is 1070. The van der Waals surface area contributed by atoms with Crippen LogP contribution in [-0.2, 0) is 10.2 Å². The van der Waals surface area contributed by atoms with Crippen LogP contribution >= 0.6 is 0 Å². The Morgan fingerprint density at radius 3 is 2.63 bits per heavy atom. The van der Waals surface area contributed by atoms with E-state index in [1.807, 2.05) is 54.4 Å². The van der Waals surface area contributed by atoms with Crippen molar-refractivity contribution in [2.45, 2.75) is 56.6 Å². The van der Waals surface area contributed by atoms with Gasteiger partial charge in [-0.3, -0.25) is 9.59 Å². The van der Waals surface area contributed by atoms with Gasteiger partial charge in [-0.2, -0.15) is 0 Å². The van der Waals surface area contributed by atoms with Gasteiger partial charge in [-0.1, -0.05) is 30.3 Å². The van der Waals surface area contributed by atoms with Gasteiger partial charge in [0, 0.05) is 50.0 Å². The van der Waals surface area contributed by atoms with Gasteiger partial charge in [-0.15, -0.1) is 0 Å². The highest BCUT2D eigenvalue weighted by Gasteiger charge is 2.53. The van der Waals surface area contributed by atoms with Crippen LogP contribution in [0.3, 0.4) is 0 Å². The monoisotopic (exact) mass is 476 g/mol. The van der Waals surface area contributed by atoms with Gasteiger partial charge in [0.15, 0.2) is 0 Å². The van der Waals surface area contributed by atoms with Crippen LogP contribution in [-0.4, -0.2) is 65.6 Å². The fourth-order valence-corrected chi connectivity index (χ4v) is 6.37. The summed E-state index contributed by atoms with van der Waals surface area (Å²) in [5.41, 5.74) is 1.47. The van der Waals surface area contributed by atoms with Crippen LogP contribution in [0.2, 0.25) is 0 Å². The Labute approximate surface area is 207 Å². The van der Waals surface area contributed by atoms with Crippen molar-refractivity contribution >= 4 is 11.9 Å². The highest BCUT2D eigenvalue weighted by Crippen LogP contribution is 2.51. The molecule has 1 amide bonds. The predicted octanol–water partition coefficient (Wildman–Crippen LogP) is 3.88. The molecule has 1 N–H and O–H groups in total. The van der Waals surface area contributed by atoms with Crippen molar-refractivity contribution in [3.63, 3.8) is 0 Å². The van der Waals surface area contributed by atoms with Gasteiger partial charge < -0.3 is 19.6 Å². The summed E-state index contributed by atoms with van der Waals surface area (Å²) in [6, 6.07) is 17.1. The van der Waals surface area contributed by atoms with E-state index in [0.717, 1.165) is 44.0 Å². The molecule has 6 nitrogen and oxygen atoms in total. The van der Waals surface area contributed by atoms with Crippen molar-refractivity contribution in [3.05, 3.63) is 65.7 Å². The topological polar surface area (TPSA) is 70.1 Å². The summed E-state index contributed by atoms with van der Waals surface area (Å²) in [6.07, 6.45) is 4.38. The molecule has 1 heterocycles. The number of hydrogen-bond acceptors (Lipinski definition) is 5. The molecule has 2 aliphatic carbocycles. The predicted molar refractivity (Wildman–Crippen MR) is 134 cm³/mol. The third-order valence-corrected chi connectivity index (χ3v) is 8.39. The van der Waals surface area contributed by atoms with E-state index in [0.29, 0.717) is 17.7 Å². The van der Waals surface area contributed by atoms with Crippen molar-refractivity contribution in [2.24, 2.45) is 11.8 Å². The molecule has 2 saturated carbocycles. The standard InChI is InChI=1S/C29H36N2O4/c1-20(32)35-25-10-6-9-23(15-25)29-13-14-31(18-21-11-12-21)19-26(29)27(33)16-24(17-29)30(2)28(34)22-7-4-3-5-8-22/h3-10,15,21,24,26-27,33H,11-14,16-19H2,1-2H3/t24-,26-,27?,29-/m0/s1. The first-order valence-corrected chi connectivity index (χ1v) is 12.9. The maximum atomic E-state index is 13.3. The summed E-state index contributed by atoms with van der Waals surface area (Å²) in [4.78, 5) is 29.3. The van der Waals surface area contributed by atoms with Gasteiger partial charge >= 0.3 is 5.97 Å². The van der Waals surface area contributed by atoms with E-state index >= 15 is 0 Å². The lowest BCUT2D eigenvalue weighted by molar-refractivity contribution is -0.131. The molecule has 5 rings (SSSR count). The van der Waals surface area contributed by atoms with Crippen LogP contribution in [0, 0.1) is 11.8 Å². The van der Waals surface area contributed by atoms with Crippen molar-refractivity contribution in [3.8, 4) is 5.75 Å². The van der Waals surface area contributed by atoms with Crippen molar-refractivity contribution in [1.82, 2.24) is 9.80 Å². The SMILES string of the molecule is CC(=O)Oc1cccc([C@@]23CCN(CC4CC4)C[C@H]2C(O)C[C@H](N(C)C(=O)c2ccccc2)C3)c1. The molecule has 6 heteroatoms. The van der Waals surface area contributed by atoms with Crippen LogP contribution in [0.1, 0.15) is 54.9 Å². The van der Waals surface area contributed by atoms with Crippen LogP contribution in [0.5, 0.6) is 5.75 Å². The second-order valence-electron chi connectivity index (χ2n) is 10.8. The van der Waals surface area contributed by atoms with Gasteiger partial charge in [0.25, 0.3) is 5.91 Å². The van der Waals surface area contributed by atoms with E-state index in [-0.39, 0.29) is 29.3 Å². The Hall–Kier alpha value is -2.70. The fraction of sp³-hybridized carbons (Fsp3) is 0.517. The Balaban J connectivity index is 1.46. The van der Waals surface area contributed by atoms with Gasteiger partial charge in [0.2, 0.25) is 0 Å². The average Bonchev–Trinajstić information content (AvgIpc) is 3.68. The molecule has 2 aromatic rings. The number of aliphatic hydroxyl groups is 1. The number of fused-ring (bicyclic) bond motifs is 1. The number of amides is 1. The average molecular weight is 477 g/mol. The number of esters is 1. The van der Waals surface area contributed by atoms with E-state index in [4.69, 9.17) is 4.74 Å². The third-order valence-electron chi connectivity index (χ3n) is 8.39. The Morgan fingerprint density at radius 1 is 1.14 bits per heavy atom. The molecule has 3 fully saturated rings. The van der Waals surface area contributed by atoms with Crippen LogP contribution in [0.4, 0.5) is 0 Å². The van der Waals surface area contributed by atoms with Gasteiger partial charge in [-0.25, -0.2) is 0 Å². The first-order chi connectivity index (χ1) is 16.9. The molecule has 1 saturated heterocycles. The fourth-order valence-electron chi connectivity index (χ4n) is 6.37. The number of carbonyl (C=O) groups excluding carboxylic acids is 2. The first kappa shape index (κ1) is 24.0. The van der Waals surface area contributed by atoms with Crippen molar-refractivity contribution in [1.29, 1.82) is 0 Å². The summed E-state index contributed by atoms with van der Waals surface area (Å²) < 4.78 is 5.42. The summed E-state index contributed by atoms with van der Waals surface area (Å²) in [6.45, 7) is 4.36. The van der Waals surface area contributed by atoms with Crippen LogP contribution in [0.15, 0.2) is 54.6 Å². The first-order valence-electron chi connectivity index (χ1n) is 12.9. The highest BCUT2D eigenvalue weighted by molar-refractivity contribution is 5.94. The summed E-state index contributed by atoms with van der Waals surface area (Å²) >= 11 is 0. The van der Waals surface area contributed by atoms with Gasteiger partial charge in [0.05, 0.1) is 6.10 Å². The molecule has 0 spiro atoms. The molecule has 186 valence electrons. The number of likely N-dealkylation sites (tertiary alicyclic amines) is 1. The minimum absolute atomic E-state index is 0.0174. The summed E-state index contributed by atoms with van der Waals surface area (Å²) in [5.74, 6) is 1.05. The molecule has 1 aliphatic heterocycles. The van der Waals surface area contributed by atoms with E-state index in [2.05, 4.69) is 11.0 Å². The zero-order chi connectivity index (χ0) is 24.6. The van der Waals surface area contributed by atoms with Crippen LogP contribution < -0.4 is 4.74 Å². The van der Waals surface area contributed by atoms with Gasteiger partial charge in [-0.05, 0) is 74.4 Å². The molecule has 35 heavy (non-hydrogen) atoms. The zero-order valence-electron chi connectivity index (χ0n) is 20.7. The molecule has 4 atom stereocenters. The lowest BCUT2D eigenvalue weighted by Gasteiger charge is -2.56. The lowest BCUT2D eigenvalue weighted by atomic mass is 9.56. The molecule has 2 aromatic carbocycles. The summed E-state index contributed by atoms with van der Waals surface area (Å²) in [7, 11) is 1.86. The number of rotatable bonds is 6. The number of aliphatic hydroxyl groups excluding tert-OH is 1. The van der Waals surface area contributed by atoms with E-state index < -0.39 is 6.10 Å². The molecular formula is C29H36N2O4. The number of benzene rings is 2. The second-order valence-corrected chi connectivity index (χ2v) is 10.8. The number of hydrogen-bond donors (Lipinski definition) is 1. The lowest BCUT2D eigenvalue weighted by Crippen LogP contribution is -2.61. The maximum Gasteiger partial charge on any atom is 0.308 e. The smallest absolute Gasteiger partial charge is 0.308 e.